The number of carbonyl (C=O) groups is 2. The highest BCUT2D eigenvalue weighted by Gasteiger charge is 2.32. The quantitative estimate of drug-likeness (QED) is 0.757. The van der Waals surface area contributed by atoms with Gasteiger partial charge in [0.15, 0.2) is 5.82 Å². The first-order valence-electron chi connectivity index (χ1n) is 9.06. The van der Waals surface area contributed by atoms with Crippen molar-refractivity contribution in [2.45, 2.75) is 39.8 Å². The van der Waals surface area contributed by atoms with Crippen molar-refractivity contribution in [3.8, 4) is 0 Å². The molecule has 2 aromatic rings. The minimum absolute atomic E-state index is 0.0218. The monoisotopic (exact) mass is 390 g/mol. The average Bonchev–Trinajstić information content (AvgIpc) is 3.07. The number of carbonyl (C=O) groups excluding carboxylic acids is 2. The van der Waals surface area contributed by atoms with Gasteiger partial charge in [-0.25, -0.2) is 0 Å². The molecule has 2 amide bonds. The molecule has 1 aliphatic heterocycles. The zero-order valence-electron chi connectivity index (χ0n) is 15.5. The first-order valence-corrected chi connectivity index (χ1v) is 9.44. The van der Waals surface area contributed by atoms with E-state index < -0.39 is 0 Å². The molecule has 0 saturated carbocycles. The molecule has 2 heterocycles. The molecule has 0 radical (unpaired) electrons. The predicted molar refractivity (Wildman–Crippen MR) is 99.7 cm³/mol. The molecule has 8 heteroatoms. The van der Waals surface area contributed by atoms with E-state index in [1.54, 1.807) is 28.9 Å². The van der Waals surface area contributed by atoms with Gasteiger partial charge in [0.05, 0.1) is 12.5 Å². The van der Waals surface area contributed by atoms with Gasteiger partial charge < -0.3 is 14.3 Å². The third-order valence-corrected chi connectivity index (χ3v) is 4.98. The summed E-state index contributed by atoms with van der Waals surface area (Å²) in [6, 6.07) is 7.41. The average molecular weight is 391 g/mol. The summed E-state index contributed by atoms with van der Waals surface area (Å²) in [5.41, 5.74) is 0.996. The lowest BCUT2D eigenvalue weighted by Crippen LogP contribution is -2.46. The molecule has 0 spiro atoms. The molecule has 0 aliphatic carbocycles. The fourth-order valence-corrected chi connectivity index (χ4v) is 3.39. The van der Waals surface area contributed by atoms with Gasteiger partial charge in [-0.1, -0.05) is 28.9 Å². The number of hydrogen-bond acceptors (Lipinski definition) is 5. The van der Waals surface area contributed by atoms with Crippen molar-refractivity contribution < 1.29 is 14.1 Å². The first-order chi connectivity index (χ1) is 13.0. The Kier molecular flexibility index (Phi) is 6.11. The van der Waals surface area contributed by atoms with Gasteiger partial charge in [-0.05, 0) is 31.0 Å². The van der Waals surface area contributed by atoms with E-state index in [0.29, 0.717) is 55.8 Å². The van der Waals surface area contributed by atoms with Crippen molar-refractivity contribution in [1.82, 2.24) is 19.9 Å². The molecule has 1 aliphatic rings. The second-order valence-electron chi connectivity index (χ2n) is 6.72. The van der Waals surface area contributed by atoms with E-state index in [2.05, 4.69) is 10.1 Å². The lowest BCUT2D eigenvalue weighted by molar-refractivity contribution is -0.143. The number of aromatic nitrogens is 2. The van der Waals surface area contributed by atoms with Crippen molar-refractivity contribution in [3.05, 3.63) is 46.6 Å². The van der Waals surface area contributed by atoms with Gasteiger partial charge in [-0.15, -0.1) is 0 Å². The Morgan fingerprint density at radius 3 is 2.74 bits per heavy atom. The number of aryl methyl sites for hydroxylation is 1. The largest absolute Gasteiger partial charge is 0.340 e. The van der Waals surface area contributed by atoms with E-state index in [4.69, 9.17) is 16.1 Å². The van der Waals surface area contributed by atoms with Crippen molar-refractivity contribution in [3.63, 3.8) is 0 Å². The molecule has 144 valence electrons. The summed E-state index contributed by atoms with van der Waals surface area (Å²) in [5.74, 6) is 0.848. The summed E-state index contributed by atoms with van der Waals surface area (Å²) in [6.45, 7) is 5.40. The van der Waals surface area contributed by atoms with Crippen LogP contribution in [0.1, 0.15) is 37.0 Å². The van der Waals surface area contributed by atoms with Crippen LogP contribution in [0.3, 0.4) is 0 Å². The zero-order chi connectivity index (χ0) is 19.4. The Labute approximate surface area is 163 Å². The highest BCUT2D eigenvalue weighted by Crippen LogP contribution is 2.23. The number of rotatable bonds is 6. The summed E-state index contributed by atoms with van der Waals surface area (Å²) in [7, 11) is 0. The number of hydrogen-bond donors (Lipinski definition) is 0. The highest BCUT2D eigenvalue weighted by molar-refractivity contribution is 6.30. The molecule has 27 heavy (non-hydrogen) atoms. The predicted octanol–water partition coefficient (Wildman–Crippen LogP) is 2.82. The highest BCUT2D eigenvalue weighted by atomic mass is 35.5. The van der Waals surface area contributed by atoms with Gasteiger partial charge in [-0.2, -0.15) is 4.98 Å². The molecule has 0 unspecified atom stereocenters. The Balaban J connectivity index is 1.65. The van der Waals surface area contributed by atoms with Crippen LogP contribution < -0.4 is 0 Å². The Hall–Kier alpha value is -2.41. The summed E-state index contributed by atoms with van der Waals surface area (Å²) >= 11 is 5.92. The first kappa shape index (κ1) is 19.4. The van der Waals surface area contributed by atoms with Crippen LogP contribution in [0.5, 0.6) is 0 Å². The minimum Gasteiger partial charge on any atom is -0.340 e. The summed E-state index contributed by atoms with van der Waals surface area (Å²) < 4.78 is 4.98. The molecular weight excluding hydrogens is 368 g/mol. The van der Waals surface area contributed by atoms with Crippen LogP contribution in [0.4, 0.5) is 0 Å². The number of amides is 2. The van der Waals surface area contributed by atoms with Gasteiger partial charge in [0.25, 0.3) is 0 Å². The number of nitrogens with zero attached hydrogens (tertiary/aromatic N) is 4. The van der Waals surface area contributed by atoms with Crippen LogP contribution in [0.25, 0.3) is 0 Å². The summed E-state index contributed by atoms with van der Waals surface area (Å²) in [5, 5.41) is 4.53. The molecule has 1 atom stereocenters. The lowest BCUT2D eigenvalue weighted by atomic mass is 9.95. The molecule has 1 aromatic carbocycles. The van der Waals surface area contributed by atoms with Crippen molar-refractivity contribution >= 4 is 23.4 Å². The van der Waals surface area contributed by atoms with Crippen LogP contribution in [-0.2, 0) is 22.7 Å². The van der Waals surface area contributed by atoms with Crippen molar-refractivity contribution in [2.24, 2.45) is 5.92 Å². The fraction of sp³-hybridized carbons (Fsp3) is 0.474. The van der Waals surface area contributed by atoms with Crippen LogP contribution >= 0.6 is 11.6 Å². The molecule has 1 aromatic heterocycles. The minimum atomic E-state index is -0.219. The molecule has 1 saturated heterocycles. The Morgan fingerprint density at radius 1 is 1.37 bits per heavy atom. The maximum absolute atomic E-state index is 13.0. The Morgan fingerprint density at radius 2 is 2.11 bits per heavy atom. The Bertz CT molecular complexity index is 806. The standard InChI is InChI=1S/C19H23ClN4O3/c1-3-23(12-17-21-13(2)27-22-17)19(26)15-6-9-18(25)24(11-15)10-14-4-7-16(20)8-5-14/h4-5,7-8,15H,3,6,9-12H2,1-2H3/t15-/m0/s1. The van der Waals surface area contributed by atoms with Gasteiger partial charge in [0.1, 0.15) is 0 Å². The van der Waals surface area contributed by atoms with Crippen LogP contribution in [0.2, 0.25) is 5.02 Å². The summed E-state index contributed by atoms with van der Waals surface area (Å²) in [4.78, 5) is 32.9. The summed E-state index contributed by atoms with van der Waals surface area (Å²) in [6.07, 6.45) is 0.944. The number of benzene rings is 1. The molecule has 0 bridgehead atoms. The van der Waals surface area contributed by atoms with E-state index in [-0.39, 0.29) is 17.7 Å². The molecule has 3 rings (SSSR count). The van der Waals surface area contributed by atoms with Gasteiger partial charge >= 0.3 is 0 Å². The zero-order valence-corrected chi connectivity index (χ0v) is 16.3. The smallest absolute Gasteiger partial charge is 0.227 e. The van der Waals surface area contributed by atoms with Gasteiger partial charge in [-0.3, -0.25) is 9.59 Å². The van der Waals surface area contributed by atoms with Crippen molar-refractivity contribution in [2.75, 3.05) is 13.1 Å². The van der Waals surface area contributed by atoms with E-state index in [1.807, 2.05) is 19.1 Å². The molecular formula is C19H23ClN4O3. The molecule has 7 nitrogen and oxygen atoms in total. The fourth-order valence-electron chi connectivity index (χ4n) is 3.26. The van der Waals surface area contributed by atoms with E-state index in [1.165, 1.54) is 0 Å². The molecule has 0 N–H and O–H groups in total. The topological polar surface area (TPSA) is 79.5 Å². The maximum atomic E-state index is 13.0. The second kappa shape index (κ2) is 8.52. The molecule has 1 fully saturated rings. The lowest BCUT2D eigenvalue weighted by Gasteiger charge is -2.34. The van der Waals surface area contributed by atoms with Crippen LogP contribution in [0, 0.1) is 12.8 Å². The number of piperidine rings is 1. The SMILES string of the molecule is CCN(Cc1noc(C)n1)C(=O)[C@H]1CCC(=O)N(Cc2ccc(Cl)cc2)C1. The van der Waals surface area contributed by atoms with Crippen LogP contribution in [0.15, 0.2) is 28.8 Å². The van der Waals surface area contributed by atoms with Crippen molar-refractivity contribution in [1.29, 1.82) is 0 Å². The van der Waals surface area contributed by atoms with E-state index in [9.17, 15) is 9.59 Å². The van der Waals surface area contributed by atoms with Gasteiger partial charge in [0.2, 0.25) is 17.7 Å². The van der Waals surface area contributed by atoms with E-state index in [0.717, 1.165) is 5.56 Å². The normalized spacial score (nSPS) is 17.2. The van der Waals surface area contributed by atoms with Crippen LogP contribution in [-0.4, -0.2) is 44.8 Å². The maximum Gasteiger partial charge on any atom is 0.227 e. The third kappa shape index (κ3) is 4.86. The number of likely N-dealkylation sites (tertiary alicyclic amines) is 1. The van der Waals surface area contributed by atoms with Gasteiger partial charge in [0, 0.05) is 38.0 Å². The van der Waals surface area contributed by atoms with E-state index >= 15 is 0 Å². The second-order valence-corrected chi connectivity index (χ2v) is 7.15. The number of halogens is 1. The third-order valence-electron chi connectivity index (χ3n) is 4.73.